The summed E-state index contributed by atoms with van der Waals surface area (Å²) in [7, 11) is 1.78. The van der Waals surface area contributed by atoms with Crippen LogP contribution in [0.4, 0.5) is 0 Å². The maximum Gasteiger partial charge on any atom is 0.309 e. The van der Waals surface area contributed by atoms with Crippen molar-refractivity contribution in [3.63, 3.8) is 0 Å². The standard InChI is InChI=1S/C19H23N3O4/c1-21-10-9-20-18(21)17-15(19(25)26)7-8-16(24)22(17)12-14(23)11-13-5-3-2-4-6-13/h2-6,9-10,14-15,17,23H,7-8,11-12H2,1H3,(H,25,26)/t14?,15-,17-/m0/s1. The first kappa shape index (κ1) is 18.1. The fraction of sp³-hybridized carbons (Fsp3) is 0.421. The van der Waals surface area contributed by atoms with E-state index in [-0.39, 0.29) is 25.3 Å². The molecular formula is C19H23N3O4. The maximum atomic E-state index is 12.6. The summed E-state index contributed by atoms with van der Waals surface area (Å²) < 4.78 is 1.73. The molecule has 138 valence electrons. The summed E-state index contributed by atoms with van der Waals surface area (Å²) in [5.41, 5.74) is 0.966. The molecule has 3 rings (SSSR count). The number of rotatable bonds is 6. The zero-order valence-corrected chi connectivity index (χ0v) is 14.7. The van der Waals surface area contributed by atoms with Crippen LogP contribution in [0.1, 0.15) is 30.3 Å². The number of piperidine rings is 1. The van der Waals surface area contributed by atoms with Crippen LogP contribution in [0.5, 0.6) is 0 Å². The Kier molecular flexibility index (Phi) is 5.37. The SMILES string of the molecule is Cn1ccnc1[C@@H]1[C@@H](C(=O)O)CCC(=O)N1CC(O)Cc1ccccc1. The van der Waals surface area contributed by atoms with Gasteiger partial charge in [-0.2, -0.15) is 0 Å². The van der Waals surface area contributed by atoms with Gasteiger partial charge in [0, 0.05) is 38.8 Å². The lowest BCUT2D eigenvalue weighted by atomic mass is 9.87. The first-order valence-corrected chi connectivity index (χ1v) is 8.69. The molecule has 1 amide bonds. The zero-order chi connectivity index (χ0) is 18.7. The van der Waals surface area contributed by atoms with Crippen LogP contribution >= 0.6 is 0 Å². The Morgan fingerprint density at radius 2 is 2.08 bits per heavy atom. The number of amides is 1. The summed E-state index contributed by atoms with van der Waals surface area (Å²) in [6.45, 7) is 0.0784. The average molecular weight is 357 g/mol. The molecule has 7 nitrogen and oxygen atoms in total. The molecule has 1 aliphatic heterocycles. The van der Waals surface area contributed by atoms with E-state index < -0.39 is 24.0 Å². The number of hydrogen-bond donors (Lipinski definition) is 2. The number of aromatic nitrogens is 2. The van der Waals surface area contributed by atoms with Crippen LogP contribution in [-0.2, 0) is 23.1 Å². The molecule has 0 saturated carbocycles. The quantitative estimate of drug-likeness (QED) is 0.814. The third-order valence-electron chi connectivity index (χ3n) is 4.87. The van der Waals surface area contributed by atoms with E-state index in [0.29, 0.717) is 12.2 Å². The number of carbonyl (C=O) groups excluding carboxylic acids is 1. The van der Waals surface area contributed by atoms with Crippen LogP contribution in [0.15, 0.2) is 42.7 Å². The number of aliphatic hydroxyl groups excluding tert-OH is 1. The van der Waals surface area contributed by atoms with Gasteiger partial charge in [-0.05, 0) is 12.0 Å². The Bertz CT molecular complexity index is 774. The van der Waals surface area contributed by atoms with Gasteiger partial charge in [0.15, 0.2) is 0 Å². The van der Waals surface area contributed by atoms with Crippen molar-refractivity contribution in [2.24, 2.45) is 13.0 Å². The van der Waals surface area contributed by atoms with E-state index in [1.165, 1.54) is 4.90 Å². The van der Waals surface area contributed by atoms with Crippen LogP contribution in [0.3, 0.4) is 0 Å². The Hall–Kier alpha value is -2.67. The number of carbonyl (C=O) groups is 2. The third-order valence-corrected chi connectivity index (χ3v) is 4.87. The van der Waals surface area contributed by atoms with Crippen molar-refractivity contribution in [1.82, 2.24) is 14.5 Å². The molecule has 0 aliphatic carbocycles. The van der Waals surface area contributed by atoms with Crippen molar-refractivity contribution in [2.45, 2.75) is 31.4 Å². The number of aryl methyl sites for hydroxylation is 1. The summed E-state index contributed by atoms with van der Waals surface area (Å²) in [6, 6.07) is 8.84. The molecular weight excluding hydrogens is 334 g/mol. The molecule has 26 heavy (non-hydrogen) atoms. The molecule has 0 radical (unpaired) electrons. The van der Waals surface area contributed by atoms with E-state index in [2.05, 4.69) is 4.98 Å². The lowest BCUT2D eigenvalue weighted by molar-refractivity contribution is -0.153. The molecule has 1 fully saturated rings. The van der Waals surface area contributed by atoms with Crippen molar-refractivity contribution in [1.29, 1.82) is 0 Å². The van der Waals surface area contributed by atoms with Crippen LogP contribution < -0.4 is 0 Å². The van der Waals surface area contributed by atoms with Crippen LogP contribution in [0.2, 0.25) is 0 Å². The molecule has 0 bridgehead atoms. The number of hydrogen-bond acceptors (Lipinski definition) is 4. The smallest absolute Gasteiger partial charge is 0.309 e. The van der Waals surface area contributed by atoms with Crippen molar-refractivity contribution in [2.75, 3.05) is 6.54 Å². The van der Waals surface area contributed by atoms with Crippen molar-refractivity contribution in [3.8, 4) is 0 Å². The predicted octanol–water partition coefficient (Wildman–Crippen LogP) is 1.39. The van der Waals surface area contributed by atoms with E-state index in [1.807, 2.05) is 30.3 Å². The lowest BCUT2D eigenvalue weighted by Gasteiger charge is -2.39. The molecule has 3 atom stereocenters. The number of aliphatic carboxylic acids is 1. The van der Waals surface area contributed by atoms with E-state index in [1.54, 1.807) is 24.0 Å². The molecule has 1 saturated heterocycles. The van der Waals surface area contributed by atoms with Gasteiger partial charge in [0.2, 0.25) is 5.91 Å². The van der Waals surface area contributed by atoms with Gasteiger partial charge in [-0.3, -0.25) is 9.59 Å². The Labute approximate surface area is 151 Å². The second kappa shape index (κ2) is 7.70. The molecule has 2 N–H and O–H groups in total. The van der Waals surface area contributed by atoms with Gasteiger partial charge in [-0.25, -0.2) is 4.98 Å². The maximum absolute atomic E-state index is 12.6. The summed E-state index contributed by atoms with van der Waals surface area (Å²) in [5, 5.41) is 20.1. The molecule has 2 heterocycles. The number of aliphatic hydroxyl groups is 1. The molecule has 1 aromatic carbocycles. The first-order chi connectivity index (χ1) is 12.5. The number of carboxylic acids is 1. The monoisotopic (exact) mass is 357 g/mol. The Balaban J connectivity index is 1.84. The average Bonchev–Trinajstić information content (AvgIpc) is 3.03. The van der Waals surface area contributed by atoms with E-state index in [0.717, 1.165) is 5.56 Å². The third kappa shape index (κ3) is 3.77. The van der Waals surface area contributed by atoms with Gasteiger partial charge in [-0.15, -0.1) is 0 Å². The number of benzene rings is 1. The van der Waals surface area contributed by atoms with Crippen molar-refractivity contribution < 1.29 is 19.8 Å². The van der Waals surface area contributed by atoms with Gasteiger partial charge >= 0.3 is 5.97 Å². The summed E-state index contributed by atoms with van der Waals surface area (Å²) >= 11 is 0. The van der Waals surface area contributed by atoms with E-state index in [9.17, 15) is 19.8 Å². The highest BCUT2D eigenvalue weighted by Crippen LogP contribution is 2.36. The second-order valence-electron chi connectivity index (χ2n) is 6.71. The summed E-state index contributed by atoms with van der Waals surface area (Å²) in [6.07, 6.45) is 3.37. The first-order valence-electron chi connectivity index (χ1n) is 8.69. The molecule has 2 aromatic rings. The minimum atomic E-state index is -0.951. The zero-order valence-electron chi connectivity index (χ0n) is 14.7. The normalized spacial score (nSPS) is 21.6. The summed E-state index contributed by atoms with van der Waals surface area (Å²) in [5.74, 6) is -1.31. The van der Waals surface area contributed by atoms with E-state index >= 15 is 0 Å². The number of imidazole rings is 1. The van der Waals surface area contributed by atoms with Gasteiger partial charge in [0.05, 0.1) is 12.0 Å². The van der Waals surface area contributed by atoms with Gasteiger partial charge in [-0.1, -0.05) is 30.3 Å². The van der Waals surface area contributed by atoms with Crippen molar-refractivity contribution >= 4 is 11.9 Å². The van der Waals surface area contributed by atoms with Gasteiger partial charge in [0.1, 0.15) is 11.9 Å². The fourth-order valence-electron chi connectivity index (χ4n) is 3.59. The molecule has 1 aromatic heterocycles. The number of carboxylic acid groups (broad SMARTS) is 1. The molecule has 0 spiro atoms. The van der Waals surface area contributed by atoms with Crippen LogP contribution in [-0.4, -0.2) is 49.2 Å². The van der Waals surface area contributed by atoms with Crippen LogP contribution in [0.25, 0.3) is 0 Å². The molecule has 1 unspecified atom stereocenters. The number of β-amino-alcohol motifs (C(OH)–C–C–N with tert-alkyl or cyclic N) is 1. The molecule has 1 aliphatic rings. The second-order valence-corrected chi connectivity index (χ2v) is 6.71. The Morgan fingerprint density at radius 3 is 2.69 bits per heavy atom. The van der Waals surface area contributed by atoms with Gasteiger partial charge < -0.3 is 19.7 Å². The van der Waals surface area contributed by atoms with E-state index in [4.69, 9.17) is 0 Å². The van der Waals surface area contributed by atoms with Gasteiger partial charge in [0.25, 0.3) is 0 Å². The molecule has 7 heteroatoms. The highest BCUT2D eigenvalue weighted by Gasteiger charge is 2.43. The predicted molar refractivity (Wildman–Crippen MR) is 94.2 cm³/mol. The minimum absolute atomic E-state index is 0.0784. The Morgan fingerprint density at radius 1 is 1.35 bits per heavy atom. The topological polar surface area (TPSA) is 95.7 Å². The lowest BCUT2D eigenvalue weighted by Crippen LogP contribution is -2.49. The van der Waals surface area contributed by atoms with Crippen LogP contribution in [0, 0.1) is 5.92 Å². The number of likely N-dealkylation sites (tertiary alicyclic amines) is 1. The summed E-state index contributed by atoms with van der Waals surface area (Å²) in [4.78, 5) is 30.1. The largest absolute Gasteiger partial charge is 0.481 e. The van der Waals surface area contributed by atoms with Crippen molar-refractivity contribution in [3.05, 3.63) is 54.1 Å². The minimum Gasteiger partial charge on any atom is -0.481 e. The highest BCUT2D eigenvalue weighted by atomic mass is 16.4. The highest BCUT2D eigenvalue weighted by molar-refractivity contribution is 5.81. The fourth-order valence-corrected chi connectivity index (χ4v) is 3.59. The number of nitrogens with zero attached hydrogens (tertiary/aromatic N) is 3.